The second-order valence-electron chi connectivity index (χ2n) is 6.70. The van der Waals surface area contributed by atoms with Gasteiger partial charge in [0.1, 0.15) is 0 Å². The van der Waals surface area contributed by atoms with E-state index in [0.29, 0.717) is 30.3 Å². The van der Waals surface area contributed by atoms with Crippen LogP contribution < -0.4 is 10.6 Å². The maximum atomic E-state index is 14.1. The molecule has 0 aliphatic heterocycles. The zero-order chi connectivity index (χ0) is 25.9. The quantitative estimate of drug-likeness (QED) is 0.316. The van der Waals surface area contributed by atoms with Crippen LogP contribution in [0.15, 0.2) is 48.5 Å². The van der Waals surface area contributed by atoms with Crippen LogP contribution in [0.1, 0.15) is 28.4 Å². The largest absolute Gasteiger partial charge is 0.463 e. The van der Waals surface area contributed by atoms with Crippen molar-refractivity contribution in [2.45, 2.75) is 31.1 Å². The van der Waals surface area contributed by atoms with Crippen LogP contribution in [0.3, 0.4) is 0 Å². The fourth-order valence-electron chi connectivity index (χ4n) is 2.67. The molecule has 1 atom stereocenters. The van der Waals surface area contributed by atoms with Crippen LogP contribution in [-0.2, 0) is 21.9 Å². The topological polar surface area (TPSA) is 67.4 Å². The highest BCUT2D eigenvalue weighted by molar-refractivity contribution is 5.99. The highest BCUT2D eigenvalue weighted by Crippen LogP contribution is 2.35. The van der Waals surface area contributed by atoms with E-state index in [4.69, 9.17) is 0 Å². The van der Waals surface area contributed by atoms with Gasteiger partial charge in [-0.1, -0.05) is 6.07 Å². The fraction of sp³-hybridized carbons (Fsp3) is 0.300. The molecule has 0 bridgehead atoms. The molecule has 0 radical (unpaired) electrons. The number of benzene rings is 2. The Labute approximate surface area is 185 Å². The molecule has 0 fully saturated rings. The van der Waals surface area contributed by atoms with Crippen LogP contribution in [0.4, 0.5) is 45.2 Å². The van der Waals surface area contributed by atoms with E-state index in [1.807, 2.05) is 0 Å². The first-order chi connectivity index (χ1) is 15.5. The molecule has 186 valence electrons. The van der Waals surface area contributed by atoms with Crippen LogP contribution in [0.5, 0.6) is 0 Å². The minimum atomic E-state index is -5.65. The van der Waals surface area contributed by atoms with Gasteiger partial charge in [-0.05, 0) is 49.4 Å². The van der Waals surface area contributed by atoms with E-state index in [9.17, 15) is 49.1 Å². The molecule has 2 aromatic carbocycles. The third-order valence-corrected chi connectivity index (χ3v) is 4.30. The van der Waals surface area contributed by atoms with Crippen molar-refractivity contribution in [1.82, 2.24) is 5.32 Å². The highest BCUT2D eigenvalue weighted by Gasteiger charge is 2.63. The van der Waals surface area contributed by atoms with Crippen molar-refractivity contribution in [2.75, 3.05) is 11.9 Å². The molecular weight excluding hydrogens is 487 g/mol. The number of hydrogen-bond acceptors (Lipinski definition) is 4. The van der Waals surface area contributed by atoms with Crippen LogP contribution in [0.25, 0.3) is 0 Å². The fourth-order valence-corrected chi connectivity index (χ4v) is 2.67. The first-order valence-electron chi connectivity index (χ1n) is 9.20. The Kier molecular flexibility index (Phi) is 7.43. The molecule has 1 unspecified atom stereocenters. The van der Waals surface area contributed by atoms with Gasteiger partial charge in [-0.25, -0.2) is 4.79 Å². The van der Waals surface area contributed by atoms with Crippen molar-refractivity contribution in [2.24, 2.45) is 0 Å². The molecule has 0 aromatic heterocycles. The minimum Gasteiger partial charge on any atom is -0.463 e. The molecule has 1 amide bonds. The normalized spacial score (nSPS) is 14.2. The number of alkyl halides is 9. The summed E-state index contributed by atoms with van der Waals surface area (Å²) in [5, 5.41) is 2.92. The Bertz CT molecular complexity index is 1030. The van der Waals surface area contributed by atoms with Gasteiger partial charge >= 0.3 is 30.2 Å². The van der Waals surface area contributed by atoms with Gasteiger partial charge < -0.3 is 15.4 Å². The standard InChI is InChI=1S/C20H15F9N2O3/c1-2-34-16(33)17(20(27,28)29,30-14-8-6-12(7-9-14)18(21,22)23)31-15(32)11-4-3-5-13(10-11)19(24,25)26/h3-10,30H,2H2,1H3,(H,31,32). The molecule has 34 heavy (non-hydrogen) atoms. The maximum absolute atomic E-state index is 14.1. The Morgan fingerprint density at radius 1 is 0.824 bits per heavy atom. The van der Waals surface area contributed by atoms with Crippen molar-refractivity contribution in [3.63, 3.8) is 0 Å². The Hall–Kier alpha value is -3.45. The lowest BCUT2D eigenvalue weighted by atomic mass is 10.1. The van der Waals surface area contributed by atoms with Gasteiger partial charge in [0, 0.05) is 11.3 Å². The molecule has 0 saturated heterocycles. The molecule has 2 N–H and O–H groups in total. The monoisotopic (exact) mass is 502 g/mol. The third-order valence-electron chi connectivity index (χ3n) is 4.30. The van der Waals surface area contributed by atoms with Gasteiger partial charge in [0.05, 0.1) is 17.7 Å². The van der Waals surface area contributed by atoms with E-state index in [2.05, 4.69) is 4.74 Å². The molecule has 0 heterocycles. The molecule has 5 nitrogen and oxygen atoms in total. The zero-order valence-corrected chi connectivity index (χ0v) is 17.0. The van der Waals surface area contributed by atoms with E-state index in [0.717, 1.165) is 19.1 Å². The van der Waals surface area contributed by atoms with Crippen molar-refractivity contribution < 1.29 is 53.8 Å². The molecular formula is C20H15F9N2O3. The second-order valence-corrected chi connectivity index (χ2v) is 6.70. The van der Waals surface area contributed by atoms with Crippen LogP contribution >= 0.6 is 0 Å². The highest BCUT2D eigenvalue weighted by atomic mass is 19.4. The summed E-state index contributed by atoms with van der Waals surface area (Å²) in [5.74, 6) is -3.83. The van der Waals surface area contributed by atoms with Gasteiger partial charge in [0.25, 0.3) is 5.91 Å². The van der Waals surface area contributed by atoms with E-state index in [-0.39, 0.29) is 6.07 Å². The number of carbonyl (C=O) groups excluding carboxylic acids is 2. The molecule has 0 spiro atoms. The SMILES string of the molecule is CCOC(=O)C(NC(=O)c1cccc(C(F)(F)F)c1)(Nc1ccc(C(F)(F)F)cc1)C(F)(F)F. The molecule has 0 aliphatic carbocycles. The average molecular weight is 502 g/mol. The lowest BCUT2D eigenvalue weighted by Gasteiger charge is -2.35. The summed E-state index contributed by atoms with van der Waals surface area (Å²) in [6.07, 6.45) is -15.4. The van der Waals surface area contributed by atoms with Gasteiger partial charge in [-0.3, -0.25) is 4.79 Å². The van der Waals surface area contributed by atoms with E-state index in [1.165, 1.54) is 5.32 Å². The van der Waals surface area contributed by atoms with E-state index >= 15 is 0 Å². The summed E-state index contributed by atoms with van der Waals surface area (Å²) in [6, 6.07) is 4.35. The number of halogens is 9. The number of carbonyl (C=O) groups is 2. The smallest absolute Gasteiger partial charge is 0.441 e. The predicted octanol–water partition coefficient (Wildman–Crippen LogP) is 5.39. The van der Waals surface area contributed by atoms with Crippen LogP contribution in [0, 0.1) is 0 Å². The van der Waals surface area contributed by atoms with Crippen LogP contribution in [0.2, 0.25) is 0 Å². The molecule has 0 aliphatic rings. The summed E-state index contributed by atoms with van der Waals surface area (Å²) in [4.78, 5) is 24.9. The molecule has 2 aromatic rings. The summed E-state index contributed by atoms with van der Waals surface area (Å²) in [6.45, 7) is 0.552. The Morgan fingerprint density at radius 2 is 1.38 bits per heavy atom. The van der Waals surface area contributed by atoms with Crippen LogP contribution in [-0.4, -0.2) is 30.3 Å². The van der Waals surface area contributed by atoms with Crippen molar-refractivity contribution in [1.29, 1.82) is 0 Å². The number of ether oxygens (including phenoxy) is 1. The number of esters is 1. The number of amides is 1. The lowest BCUT2D eigenvalue weighted by molar-refractivity contribution is -0.204. The first-order valence-corrected chi connectivity index (χ1v) is 9.20. The Balaban J connectivity index is 2.53. The first kappa shape index (κ1) is 26.8. The maximum Gasteiger partial charge on any atom is 0.441 e. The Morgan fingerprint density at radius 3 is 1.85 bits per heavy atom. The zero-order valence-electron chi connectivity index (χ0n) is 17.0. The predicted molar refractivity (Wildman–Crippen MR) is 99.4 cm³/mol. The minimum absolute atomic E-state index is 0.264. The number of anilines is 1. The van der Waals surface area contributed by atoms with E-state index in [1.54, 1.807) is 5.32 Å². The summed E-state index contributed by atoms with van der Waals surface area (Å²) in [7, 11) is 0. The lowest BCUT2D eigenvalue weighted by Crippen LogP contribution is -2.69. The van der Waals surface area contributed by atoms with Gasteiger partial charge in [0.15, 0.2) is 0 Å². The average Bonchev–Trinajstić information content (AvgIpc) is 2.71. The molecule has 0 saturated carbocycles. The number of rotatable bonds is 6. The second kappa shape index (κ2) is 9.43. The third kappa shape index (κ3) is 5.91. The van der Waals surface area contributed by atoms with E-state index < -0.39 is 65.1 Å². The van der Waals surface area contributed by atoms with Gasteiger partial charge in [-0.15, -0.1) is 0 Å². The van der Waals surface area contributed by atoms with Crippen molar-refractivity contribution in [3.8, 4) is 0 Å². The van der Waals surface area contributed by atoms with Crippen molar-refractivity contribution in [3.05, 3.63) is 65.2 Å². The number of hydrogen-bond donors (Lipinski definition) is 2. The number of nitrogens with one attached hydrogen (secondary N) is 2. The van der Waals surface area contributed by atoms with Gasteiger partial charge in [-0.2, -0.15) is 39.5 Å². The molecule has 14 heteroatoms. The van der Waals surface area contributed by atoms with Crippen molar-refractivity contribution >= 4 is 17.6 Å². The molecule has 2 rings (SSSR count). The summed E-state index contributed by atoms with van der Waals surface area (Å²) in [5.41, 5.74) is -8.15. The van der Waals surface area contributed by atoms with Gasteiger partial charge in [0.2, 0.25) is 0 Å². The summed E-state index contributed by atoms with van der Waals surface area (Å²) >= 11 is 0. The summed E-state index contributed by atoms with van der Waals surface area (Å²) < 4.78 is 124.